The van der Waals surface area contributed by atoms with E-state index in [2.05, 4.69) is 10.4 Å². The Kier molecular flexibility index (Phi) is 2.94. The zero-order valence-corrected chi connectivity index (χ0v) is 11.2. The fourth-order valence-electron chi connectivity index (χ4n) is 2.18. The average Bonchev–Trinajstić information content (AvgIpc) is 2.88. The summed E-state index contributed by atoms with van der Waals surface area (Å²) in [7, 11) is -0.905. The molecule has 1 atom stereocenters. The maximum Gasteiger partial charge on any atom is 0.222 e. The standard InChI is InChI=1S/C13H13N3O2S/c1-9(17)14-13-11-7-19(18)8-12(11)15-16(13)10-5-3-2-4-6-10/h2-6H,7-8H2,1H3,(H,14,17)/t19-/m0/s1. The highest BCUT2D eigenvalue weighted by Crippen LogP contribution is 2.31. The number of carbonyl (C=O) groups is 1. The smallest absolute Gasteiger partial charge is 0.222 e. The van der Waals surface area contributed by atoms with Crippen molar-refractivity contribution in [2.75, 3.05) is 5.32 Å². The third-order valence-electron chi connectivity index (χ3n) is 2.96. The maximum atomic E-state index is 11.6. The van der Waals surface area contributed by atoms with Crippen molar-refractivity contribution < 1.29 is 9.00 Å². The number of aromatic nitrogens is 2. The predicted molar refractivity (Wildman–Crippen MR) is 73.4 cm³/mol. The van der Waals surface area contributed by atoms with Crippen LogP contribution in [0.3, 0.4) is 0 Å². The Bertz CT molecular complexity index is 664. The molecule has 0 saturated carbocycles. The zero-order chi connectivity index (χ0) is 13.4. The van der Waals surface area contributed by atoms with Gasteiger partial charge in [0.15, 0.2) is 0 Å². The largest absolute Gasteiger partial charge is 0.311 e. The number of hydrogen-bond donors (Lipinski definition) is 1. The van der Waals surface area contributed by atoms with Crippen molar-refractivity contribution in [2.45, 2.75) is 18.4 Å². The van der Waals surface area contributed by atoms with Crippen LogP contribution >= 0.6 is 0 Å². The molecule has 2 aromatic rings. The molecule has 98 valence electrons. The van der Waals surface area contributed by atoms with Crippen molar-refractivity contribution in [3.8, 4) is 5.69 Å². The summed E-state index contributed by atoms with van der Waals surface area (Å²) in [6, 6.07) is 9.60. The number of benzene rings is 1. The molecule has 0 spiro atoms. The van der Waals surface area contributed by atoms with Crippen molar-refractivity contribution in [2.24, 2.45) is 0 Å². The zero-order valence-electron chi connectivity index (χ0n) is 10.4. The first-order valence-corrected chi connectivity index (χ1v) is 7.42. The van der Waals surface area contributed by atoms with Crippen LogP contribution in [0.4, 0.5) is 5.82 Å². The number of para-hydroxylation sites is 1. The van der Waals surface area contributed by atoms with Gasteiger partial charge in [-0.3, -0.25) is 9.00 Å². The molecule has 6 heteroatoms. The quantitative estimate of drug-likeness (QED) is 0.905. The van der Waals surface area contributed by atoms with Gasteiger partial charge in [0.25, 0.3) is 0 Å². The monoisotopic (exact) mass is 275 g/mol. The van der Waals surface area contributed by atoms with Crippen LogP contribution in [0.2, 0.25) is 0 Å². The number of hydrogen-bond acceptors (Lipinski definition) is 3. The van der Waals surface area contributed by atoms with E-state index >= 15 is 0 Å². The SMILES string of the molecule is CC(=O)Nc1c2c(nn1-c1ccccc1)C[S@@](=O)C2. The van der Waals surface area contributed by atoms with Gasteiger partial charge in [-0.1, -0.05) is 18.2 Å². The minimum atomic E-state index is -0.905. The van der Waals surface area contributed by atoms with Crippen LogP contribution in [0, 0.1) is 0 Å². The van der Waals surface area contributed by atoms with Crippen LogP contribution in [-0.2, 0) is 27.1 Å². The summed E-state index contributed by atoms with van der Waals surface area (Å²) in [5.74, 6) is 1.40. The van der Waals surface area contributed by atoms with Crippen LogP contribution in [0.25, 0.3) is 5.69 Å². The first-order valence-electron chi connectivity index (χ1n) is 5.94. The van der Waals surface area contributed by atoms with E-state index < -0.39 is 10.8 Å². The second kappa shape index (κ2) is 4.62. The lowest BCUT2D eigenvalue weighted by Crippen LogP contribution is -2.12. The van der Waals surface area contributed by atoms with Gasteiger partial charge >= 0.3 is 0 Å². The third kappa shape index (κ3) is 2.19. The number of nitrogens with one attached hydrogen (secondary N) is 1. The Balaban J connectivity index is 2.13. The van der Waals surface area contributed by atoms with Crippen LogP contribution in [0.15, 0.2) is 30.3 Å². The van der Waals surface area contributed by atoms with Crippen LogP contribution in [0.1, 0.15) is 18.2 Å². The van der Waals surface area contributed by atoms with E-state index in [1.54, 1.807) is 4.68 Å². The van der Waals surface area contributed by atoms with Gasteiger partial charge in [0.2, 0.25) is 5.91 Å². The highest BCUT2D eigenvalue weighted by molar-refractivity contribution is 7.83. The molecule has 0 unspecified atom stereocenters. The van der Waals surface area contributed by atoms with E-state index in [0.29, 0.717) is 17.3 Å². The van der Waals surface area contributed by atoms with Gasteiger partial charge in [-0.2, -0.15) is 5.10 Å². The Morgan fingerprint density at radius 1 is 1.32 bits per heavy atom. The second-order valence-electron chi connectivity index (χ2n) is 4.43. The van der Waals surface area contributed by atoms with Crippen molar-refractivity contribution in [1.82, 2.24) is 9.78 Å². The number of carbonyl (C=O) groups excluding carboxylic acids is 1. The van der Waals surface area contributed by atoms with Crippen LogP contribution in [0.5, 0.6) is 0 Å². The molecule has 1 aromatic carbocycles. The summed E-state index contributed by atoms with van der Waals surface area (Å²) in [4.78, 5) is 11.3. The minimum Gasteiger partial charge on any atom is -0.311 e. The molecule has 1 amide bonds. The van der Waals surface area contributed by atoms with E-state index in [9.17, 15) is 9.00 Å². The summed E-state index contributed by atoms with van der Waals surface area (Å²) in [6.07, 6.45) is 0. The molecule has 0 fully saturated rings. The van der Waals surface area contributed by atoms with Crippen LogP contribution < -0.4 is 5.32 Å². The highest BCUT2D eigenvalue weighted by Gasteiger charge is 2.27. The fourth-order valence-corrected chi connectivity index (χ4v) is 3.44. The number of nitrogens with zero attached hydrogens (tertiary/aromatic N) is 2. The molecule has 1 aliphatic heterocycles. The number of anilines is 1. The Morgan fingerprint density at radius 3 is 2.74 bits per heavy atom. The summed E-state index contributed by atoms with van der Waals surface area (Å²) >= 11 is 0. The molecule has 5 nitrogen and oxygen atoms in total. The lowest BCUT2D eigenvalue weighted by atomic mass is 10.2. The molecular weight excluding hydrogens is 262 g/mol. The van der Waals surface area contributed by atoms with Gasteiger partial charge in [-0.25, -0.2) is 4.68 Å². The van der Waals surface area contributed by atoms with Crippen molar-refractivity contribution in [3.05, 3.63) is 41.6 Å². The van der Waals surface area contributed by atoms with Gasteiger partial charge in [-0.15, -0.1) is 0 Å². The van der Waals surface area contributed by atoms with E-state index in [4.69, 9.17) is 0 Å². The first-order chi connectivity index (χ1) is 9.15. The number of rotatable bonds is 2. The molecule has 3 rings (SSSR count). The van der Waals surface area contributed by atoms with Gasteiger partial charge < -0.3 is 5.32 Å². The molecular formula is C13H13N3O2S. The Labute approximate surface area is 113 Å². The summed E-state index contributed by atoms with van der Waals surface area (Å²) in [5, 5.41) is 7.27. The predicted octanol–water partition coefficient (Wildman–Crippen LogP) is 1.59. The molecule has 1 aromatic heterocycles. The topological polar surface area (TPSA) is 64.0 Å². The number of amides is 1. The fraction of sp³-hybridized carbons (Fsp3) is 0.231. The lowest BCUT2D eigenvalue weighted by molar-refractivity contribution is -0.114. The molecule has 1 N–H and O–H groups in total. The van der Waals surface area contributed by atoms with E-state index in [1.807, 2.05) is 30.3 Å². The van der Waals surface area contributed by atoms with Gasteiger partial charge in [0.05, 0.1) is 22.9 Å². The van der Waals surface area contributed by atoms with Gasteiger partial charge in [-0.05, 0) is 12.1 Å². The Morgan fingerprint density at radius 2 is 2.05 bits per heavy atom. The highest BCUT2D eigenvalue weighted by atomic mass is 32.2. The lowest BCUT2D eigenvalue weighted by Gasteiger charge is -2.09. The van der Waals surface area contributed by atoms with Crippen molar-refractivity contribution in [3.63, 3.8) is 0 Å². The van der Waals surface area contributed by atoms with Crippen molar-refractivity contribution >= 4 is 22.5 Å². The molecule has 2 heterocycles. The second-order valence-corrected chi connectivity index (χ2v) is 5.89. The third-order valence-corrected chi connectivity index (χ3v) is 4.17. The van der Waals surface area contributed by atoms with Crippen molar-refractivity contribution in [1.29, 1.82) is 0 Å². The molecule has 0 bridgehead atoms. The molecule has 19 heavy (non-hydrogen) atoms. The van der Waals surface area contributed by atoms with Gasteiger partial charge in [0, 0.05) is 23.3 Å². The molecule has 0 radical (unpaired) electrons. The average molecular weight is 275 g/mol. The normalized spacial score (nSPS) is 17.2. The molecule has 0 aliphatic carbocycles. The summed E-state index contributed by atoms with van der Waals surface area (Å²) < 4.78 is 13.3. The molecule has 0 saturated heterocycles. The first kappa shape index (κ1) is 12.1. The van der Waals surface area contributed by atoms with E-state index in [-0.39, 0.29) is 5.91 Å². The summed E-state index contributed by atoms with van der Waals surface area (Å²) in [5.41, 5.74) is 2.58. The Hall–Kier alpha value is -1.95. The molecule has 1 aliphatic rings. The minimum absolute atomic E-state index is 0.155. The van der Waals surface area contributed by atoms with Crippen LogP contribution in [-0.4, -0.2) is 19.9 Å². The van der Waals surface area contributed by atoms with E-state index in [0.717, 1.165) is 16.9 Å². The maximum absolute atomic E-state index is 11.6. The summed E-state index contributed by atoms with van der Waals surface area (Å²) in [6.45, 7) is 1.46. The van der Waals surface area contributed by atoms with Gasteiger partial charge in [0.1, 0.15) is 5.82 Å². The number of fused-ring (bicyclic) bond motifs is 1. The van der Waals surface area contributed by atoms with E-state index in [1.165, 1.54) is 6.92 Å².